The van der Waals surface area contributed by atoms with Crippen molar-refractivity contribution in [2.45, 2.75) is 13.5 Å². The van der Waals surface area contributed by atoms with Crippen LogP contribution in [0.1, 0.15) is 22.1 Å². The lowest BCUT2D eigenvalue weighted by Gasteiger charge is -1.97. The van der Waals surface area contributed by atoms with Gasteiger partial charge in [0.15, 0.2) is 12.3 Å². The van der Waals surface area contributed by atoms with E-state index in [-0.39, 0.29) is 18.2 Å². The highest BCUT2D eigenvalue weighted by Crippen LogP contribution is 2.21. The van der Waals surface area contributed by atoms with E-state index in [0.29, 0.717) is 11.5 Å². The van der Waals surface area contributed by atoms with Gasteiger partial charge in [-0.2, -0.15) is 4.98 Å². The smallest absolute Gasteiger partial charge is 0.359 e. The minimum atomic E-state index is -0.533. The molecule has 4 aromatic heterocycles. The minimum absolute atomic E-state index is 0.0932. The highest BCUT2D eigenvalue weighted by molar-refractivity contribution is 7.13. The number of carbonyl (C=O) groups is 1. The van der Waals surface area contributed by atoms with E-state index in [0.717, 1.165) is 10.6 Å². The van der Waals surface area contributed by atoms with Crippen molar-refractivity contribution in [1.29, 1.82) is 0 Å². The zero-order valence-electron chi connectivity index (χ0n) is 12.7. The maximum absolute atomic E-state index is 12.1. The second kappa shape index (κ2) is 5.89. The van der Waals surface area contributed by atoms with Crippen LogP contribution < -0.4 is 0 Å². The zero-order chi connectivity index (χ0) is 16.5. The van der Waals surface area contributed by atoms with Crippen LogP contribution in [0.15, 0.2) is 46.4 Å². The number of nitrogens with zero attached hydrogens (tertiary/aromatic N) is 4. The van der Waals surface area contributed by atoms with Crippen LogP contribution in [0.3, 0.4) is 0 Å². The number of esters is 1. The Morgan fingerprint density at radius 2 is 2.21 bits per heavy atom. The molecule has 4 heterocycles. The molecule has 0 aliphatic carbocycles. The van der Waals surface area contributed by atoms with E-state index in [1.807, 2.05) is 47.0 Å². The van der Waals surface area contributed by atoms with Gasteiger partial charge in [0.05, 0.1) is 4.88 Å². The first-order valence-corrected chi connectivity index (χ1v) is 8.07. The van der Waals surface area contributed by atoms with Crippen LogP contribution in [0.2, 0.25) is 0 Å². The fourth-order valence-electron chi connectivity index (χ4n) is 2.27. The number of hydrogen-bond donors (Lipinski definition) is 0. The zero-order valence-corrected chi connectivity index (χ0v) is 13.5. The van der Waals surface area contributed by atoms with Crippen molar-refractivity contribution < 1.29 is 14.1 Å². The summed E-state index contributed by atoms with van der Waals surface area (Å²) in [5, 5.41) is 5.80. The van der Waals surface area contributed by atoms with Gasteiger partial charge in [0.25, 0.3) is 5.89 Å². The number of fused-ring (bicyclic) bond motifs is 1. The summed E-state index contributed by atoms with van der Waals surface area (Å²) in [6.07, 6.45) is 1.65. The predicted octanol–water partition coefficient (Wildman–Crippen LogP) is 3.11. The Bertz CT molecular complexity index is 1000. The summed E-state index contributed by atoms with van der Waals surface area (Å²) >= 11 is 1.51. The topological polar surface area (TPSA) is 82.5 Å². The second-order valence-corrected chi connectivity index (χ2v) is 6.03. The fourth-order valence-corrected chi connectivity index (χ4v) is 2.92. The molecule has 8 heteroatoms. The van der Waals surface area contributed by atoms with Crippen molar-refractivity contribution in [1.82, 2.24) is 19.5 Å². The van der Waals surface area contributed by atoms with E-state index in [1.54, 1.807) is 6.20 Å². The van der Waals surface area contributed by atoms with Gasteiger partial charge in [-0.25, -0.2) is 9.78 Å². The van der Waals surface area contributed by atoms with Crippen LogP contribution in [-0.4, -0.2) is 25.5 Å². The first-order chi connectivity index (χ1) is 11.7. The van der Waals surface area contributed by atoms with Gasteiger partial charge in [0.2, 0.25) is 5.82 Å². The molecule has 0 saturated heterocycles. The van der Waals surface area contributed by atoms with Crippen LogP contribution in [0.4, 0.5) is 0 Å². The molecule has 0 amide bonds. The molecule has 24 heavy (non-hydrogen) atoms. The summed E-state index contributed by atoms with van der Waals surface area (Å²) in [5.41, 5.74) is 1.92. The number of ether oxygens (including phenoxy) is 1. The Morgan fingerprint density at radius 3 is 3.00 bits per heavy atom. The third kappa shape index (κ3) is 2.67. The van der Waals surface area contributed by atoms with Crippen molar-refractivity contribution in [3.8, 4) is 10.7 Å². The van der Waals surface area contributed by atoms with Gasteiger partial charge in [-0.3, -0.25) is 0 Å². The summed E-state index contributed by atoms with van der Waals surface area (Å²) in [4.78, 5) is 21.5. The first kappa shape index (κ1) is 14.6. The summed E-state index contributed by atoms with van der Waals surface area (Å²) in [7, 11) is 0. The molecule has 7 nitrogen and oxygen atoms in total. The van der Waals surface area contributed by atoms with Crippen LogP contribution in [0, 0.1) is 6.92 Å². The lowest BCUT2D eigenvalue weighted by Crippen LogP contribution is -2.05. The molecule has 4 rings (SSSR count). The molecule has 120 valence electrons. The molecule has 0 N–H and O–H groups in total. The molecule has 0 unspecified atom stereocenters. The molecule has 0 saturated carbocycles. The molecule has 0 radical (unpaired) electrons. The van der Waals surface area contributed by atoms with E-state index >= 15 is 0 Å². The van der Waals surface area contributed by atoms with Crippen molar-refractivity contribution in [3.05, 3.63) is 59.2 Å². The molecule has 0 fully saturated rings. The summed E-state index contributed by atoms with van der Waals surface area (Å²) in [5.74, 6) is 0.195. The van der Waals surface area contributed by atoms with E-state index in [4.69, 9.17) is 9.26 Å². The highest BCUT2D eigenvalue weighted by atomic mass is 32.1. The second-order valence-electron chi connectivity index (χ2n) is 5.09. The average Bonchev–Trinajstić information content (AvgIpc) is 3.31. The SMILES string of the molecule is Cc1cccc2nc(C(=O)OCc3nc(-c4cccs4)no3)cn12. The minimum Gasteiger partial charge on any atom is -0.451 e. The van der Waals surface area contributed by atoms with Crippen molar-refractivity contribution in [3.63, 3.8) is 0 Å². The predicted molar refractivity (Wildman–Crippen MR) is 86.7 cm³/mol. The van der Waals surface area contributed by atoms with Crippen LogP contribution in [0.25, 0.3) is 16.3 Å². The monoisotopic (exact) mass is 340 g/mol. The van der Waals surface area contributed by atoms with Gasteiger partial charge < -0.3 is 13.7 Å². The molecule has 0 aliphatic heterocycles. The standard InChI is InChI=1S/C16H12N4O3S/c1-10-4-2-6-13-17-11(8-20(10)13)16(21)22-9-14-18-15(19-23-14)12-5-3-7-24-12/h2-8H,9H2,1H3. The Kier molecular flexibility index (Phi) is 3.58. The molecule has 0 bridgehead atoms. The molecule has 0 aliphatic rings. The largest absolute Gasteiger partial charge is 0.451 e. The van der Waals surface area contributed by atoms with Crippen molar-refractivity contribution in [2.24, 2.45) is 0 Å². The van der Waals surface area contributed by atoms with E-state index in [2.05, 4.69) is 15.1 Å². The quantitative estimate of drug-likeness (QED) is 0.531. The fraction of sp³-hybridized carbons (Fsp3) is 0.125. The van der Waals surface area contributed by atoms with E-state index in [1.165, 1.54) is 11.3 Å². The number of hydrogen-bond acceptors (Lipinski definition) is 7. The van der Waals surface area contributed by atoms with Gasteiger partial charge in [-0.05, 0) is 30.5 Å². The Balaban J connectivity index is 1.47. The maximum Gasteiger partial charge on any atom is 0.359 e. The van der Waals surface area contributed by atoms with Crippen LogP contribution >= 0.6 is 11.3 Å². The van der Waals surface area contributed by atoms with Gasteiger partial charge in [-0.15, -0.1) is 11.3 Å². The number of pyridine rings is 1. The lowest BCUT2D eigenvalue weighted by molar-refractivity contribution is 0.0423. The van der Waals surface area contributed by atoms with Gasteiger partial charge in [-0.1, -0.05) is 17.3 Å². The van der Waals surface area contributed by atoms with E-state index in [9.17, 15) is 4.79 Å². The molecule has 4 aromatic rings. The Labute approximate surface area is 140 Å². The lowest BCUT2D eigenvalue weighted by atomic mass is 10.4. The number of aromatic nitrogens is 4. The molecule has 0 aromatic carbocycles. The number of thiophene rings is 1. The number of carbonyl (C=O) groups excluding carboxylic acids is 1. The molecule has 0 atom stereocenters. The summed E-state index contributed by atoms with van der Waals surface area (Å²) in [6, 6.07) is 9.45. The van der Waals surface area contributed by atoms with Crippen LogP contribution in [0.5, 0.6) is 0 Å². The third-order valence-corrected chi connectivity index (χ3v) is 4.31. The Morgan fingerprint density at radius 1 is 1.29 bits per heavy atom. The highest BCUT2D eigenvalue weighted by Gasteiger charge is 2.16. The van der Waals surface area contributed by atoms with Gasteiger partial charge in [0, 0.05) is 11.9 Å². The van der Waals surface area contributed by atoms with Crippen molar-refractivity contribution >= 4 is 23.0 Å². The maximum atomic E-state index is 12.1. The van der Waals surface area contributed by atoms with Crippen molar-refractivity contribution in [2.75, 3.05) is 0 Å². The Hall–Kier alpha value is -3.00. The first-order valence-electron chi connectivity index (χ1n) is 7.19. The van der Waals surface area contributed by atoms with Gasteiger partial charge >= 0.3 is 5.97 Å². The van der Waals surface area contributed by atoms with Gasteiger partial charge in [0.1, 0.15) is 5.65 Å². The van der Waals surface area contributed by atoms with E-state index < -0.39 is 5.97 Å². The number of imidazole rings is 1. The molecular weight excluding hydrogens is 328 g/mol. The molecular formula is C16H12N4O3S. The van der Waals surface area contributed by atoms with Crippen LogP contribution in [-0.2, 0) is 11.3 Å². The average molecular weight is 340 g/mol. The number of rotatable bonds is 4. The number of aryl methyl sites for hydroxylation is 1. The normalized spacial score (nSPS) is 11.0. The molecule has 0 spiro atoms. The summed E-state index contributed by atoms with van der Waals surface area (Å²) < 4.78 is 12.1. The summed E-state index contributed by atoms with van der Waals surface area (Å²) in [6.45, 7) is 1.85. The third-order valence-electron chi connectivity index (χ3n) is 3.44.